The predicted octanol–water partition coefficient (Wildman–Crippen LogP) is 5.34. The van der Waals surface area contributed by atoms with Crippen molar-refractivity contribution in [2.45, 2.75) is 57.5 Å². The van der Waals surface area contributed by atoms with Crippen LogP contribution >= 0.6 is 0 Å². The summed E-state index contributed by atoms with van der Waals surface area (Å²) in [7, 11) is 0. The Bertz CT molecular complexity index is 960. The highest BCUT2D eigenvalue weighted by Gasteiger charge is 2.43. The predicted molar refractivity (Wildman–Crippen MR) is 123 cm³/mol. The number of amides is 2. The van der Waals surface area contributed by atoms with Gasteiger partial charge in [-0.15, -0.1) is 0 Å². The zero-order valence-electron chi connectivity index (χ0n) is 18.2. The van der Waals surface area contributed by atoms with E-state index in [0.717, 1.165) is 41.1 Å². The van der Waals surface area contributed by atoms with Gasteiger partial charge in [-0.05, 0) is 56.0 Å². The van der Waals surface area contributed by atoms with Crippen molar-refractivity contribution >= 4 is 17.4 Å². The van der Waals surface area contributed by atoms with Crippen LogP contribution in [0, 0.1) is 11.3 Å². The number of nitrogens with one attached hydrogen (secondary N) is 2. The second-order valence-electron chi connectivity index (χ2n) is 8.16. The van der Waals surface area contributed by atoms with Gasteiger partial charge in [0.2, 0.25) is 0 Å². The van der Waals surface area contributed by atoms with Gasteiger partial charge in [-0.1, -0.05) is 31.0 Å². The molecule has 0 saturated heterocycles. The summed E-state index contributed by atoms with van der Waals surface area (Å²) in [6.45, 7) is 5.07. The highest BCUT2D eigenvalue weighted by atomic mass is 16.5. The molecule has 2 amide bonds. The molecule has 0 spiro atoms. The van der Waals surface area contributed by atoms with Gasteiger partial charge in [0.1, 0.15) is 5.75 Å². The van der Waals surface area contributed by atoms with E-state index in [2.05, 4.69) is 33.7 Å². The number of nitrogens with zero attached hydrogens (tertiary/aromatic N) is 2. The fourth-order valence-electron chi connectivity index (χ4n) is 4.95. The monoisotopic (exact) mass is 418 g/mol. The van der Waals surface area contributed by atoms with Crippen molar-refractivity contribution in [2.24, 2.45) is 0 Å². The number of rotatable bonds is 6. The van der Waals surface area contributed by atoms with E-state index >= 15 is 0 Å². The van der Waals surface area contributed by atoms with Crippen LogP contribution in [0.2, 0.25) is 0 Å². The van der Waals surface area contributed by atoms with Crippen LogP contribution < -0.4 is 20.3 Å². The lowest BCUT2D eigenvalue weighted by molar-refractivity contribution is 0.252. The van der Waals surface area contributed by atoms with Crippen molar-refractivity contribution in [3.05, 3.63) is 53.6 Å². The number of nitriles is 1. The molecular weight excluding hydrogens is 388 g/mol. The Kier molecular flexibility index (Phi) is 6.31. The summed E-state index contributed by atoms with van der Waals surface area (Å²) in [6.07, 6.45) is 4.73. The van der Waals surface area contributed by atoms with E-state index in [-0.39, 0.29) is 18.0 Å². The molecular formula is C25H30N4O2. The maximum Gasteiger partial charge on any atom is 0.319 e. The molecule has 2 aromatic rings. The van der Waals surface area contributed by atoms with E-state index in [1.807, 2.05) is 44.2 Å². The summed E-state index contributed by atoms with van der Waals surface area (Å²) >= 11 is 0. The molecule has 1 aliphatic heterocycles. The van der Waals surface area contributed by atoms with Crippen LogP contribution in [-0.2, 0) is 0 Å². The van der Waals surface area contributed by atoms with Crippen molar-refractivity contribution in [1.82, 2.24) is 5.32 Å². The van der Waals surface area contributed by atoms with E-state index in [1.165, 1.54) is 12.8 Å². The Morgan fingerprint density at radius 1 is 1.16 bits per heavy atom. The van der Waals surface area contributed by atoms with Crippen LogP contribution in [0.1, 0.15) is 62.6 Å². The van der Waals surface area contributed by atoms with Gasteiger partial charge in [0.25, 0.3) is 0 Å². The largest absolute Gasteiger partial charge is 0.494 e. The molecule has 162 valence electrons. The Hall–Kier alpha value is -3.20. The first kappa shape index (κ1) is 21.0. The highest BCUT2D eigenvalue weighted by molar-refractivity contribution is 5.89. The quantitative estimate of drug-likeness (QED) is 0.664. The molecule has 0 bridgehead atoms. The molecule has 2 aliphatic rings. The standard InChI is InChI=1S/C25H30N4O2/c1-3-27-25(30)28-18-11-9-17(10-12-18)24-22(16-26)21-14-13-20(31-4-2)15-23(21)29(24)19-7-5-6-8-19/h9-15,19,22,24H,3-8H2,1-2H3,(H2,27,28,30). The van der Waals surface area contributed by atoms with Crippen LogP contribution in [-0.4, -0.2) is 25.2 Å². The van der Waals surface area contributed by atoms with Gasteiger partial charge >= 0.3 is 6.03 Å². The minimum Gasteiger partial charge on any atom is -0.494 e. The number of fused-ring (bicyclic) bond motifs is 1. The van der Waals surface area contributed by atoms with Crippen molar-refractivity contribution < 1.29 is 9.53 Å². The first-order chi connectivity index (χ1) is 15.2. The minimum atomic E-state index is -0.242. The molecule has 1 saturated carbocycles. The van der Waals surface area contributed by atoms with Crippen molar-refractivity contribution in [3.63, 3.8) is 0 Å². The SMILES string of the molecule is CCNC(=O)Nc1ccc(C2C(C#N)c3ccc(OCC)cc3N2C2CCCC2)cc1. The van der Waals surface area contributed by atoms with E-state index in [1.54, 1.807) is 0 Å². The zero-order valence-corrected chi connectivity index (χ0v) is 18.2. The maximum absolute atomic E-state index is 11.8. The number of urea groups is 1. The van der Waals surface area contributed by atoms with Crippen molar-refractivity contribution in [2.75, 3.05) is 23.4 Å². The summed E-state index contributed by atoms with van der Waals surface area (Å²) in [6, 6.07) is 16.8. The second kappa shape index (κ2) is 9.30. The third-order valence-electron chi connectivity index (χ3n) is 6.25. The summed E-state index contributed by atoms with van der Waals surface area (Å²) in [5, 5.41) is 15.7. The summed E-state index contributed by atoms with van der Waals surface area (Å²) < 4.78 is 5.77. The lowest BCUT2D eigenvalue weighted by Crippen LogP contribution is -2.35. The van der Waals surface area contributed by atoms with Gasteiger partial charge in [0.05, 0.1) is 24.6 Å². The second-order valence-corrected chi connectivity index (χ2v) is 8.16. The van der Waals surface area contributed by atoms with Gasteiger partial charge < -0.3 is 20.3 Å². The smallest absolute Gasteiger partial charge is 0.319 e. The molecule has 2 N–H and O–H groups in total. The third-order valence-corrected chi connectivity index (χ3v) is 6.25. The highest BCUT2D eigenvalue weighted by Crippen LogP contribution is 2.52. The molecule has 1 fully saturated rings. The van der Waals surface area contributed by atoms with Crippen LogP contribution in [0.5, 0.6) is 5.75 Å². The number of hydrogen-bond acceptors (Lipinski definition) is 4. The van der Waals surface area contributed by atoms with E-state index in [9.17, 15) is 10.1 Å². The zero-order chi connectivity index (χ0) is 21.8. The average Bonchev–Trinajstić information content (AvgIpc) is 3.40. The number of carbonyl (C=O) groups is 1. The van der Waals surface area contributed by atoms with Crippen molar-refractivity contribution in [3.8, 4) is 11.8 Å². The Morgan fingerprint density at radius 2 is 1.90 bits per heavy atom. The van der Waals surface area contributed by atoms with Crippen LogP contribution in [0.3, 0.4) is 0 Å². The van der Waals surface area contributed by atoms with E-state index in [0.29, 0.717) is 19.2 Å². The van der Waals surface area contributed by atoms with Crippen LogP contribution in [0.15, 0.2) is 42.5 Å². The third kappa shape index (κ3) is 4.18. The first-order valence-corrected chi connectivity index (χ1v) is 11.3. The fourth-order valence-corrected chi connectivity index (χ4v) is 4.95. The number of hydrogen-bond donors (Lipinski definition) is 2. The Morgan fingerprint density at radius 3 is 2.55 bits per heavy atom. The van der Waals surface area contributed by atoms with Crippen LogP contribution in [0.25, 0.3) is 0 Å². The topological polar surface area (TPSA) is 77.4 Å². The molecule has 2 aromatic carbocycles. The van der Waals surface area contributed by atoms with E-state index in [4.69, 9.17) is 4.74 Å². The maximum atomic E-state index is 11.8. The normalized spacial score (nSPS) is 20.2. The Balaban J connectivity index is 1.69. The lowest BCUT2D eigenvalue weighted by Gasteiger charge is -2.34. The Labute approximate surface area is 184 Å². The molecule has 6 nitrogen and oxygen atoms in total. The van der Waals surface area contributed by atoms with Crippen molar-refractivity contribution in [1.29, 1.82) is 5.26 Å². The van der Waals surface area contributed by atoms with Gasteiger partial charge in [-0.25, -0.2) is 4.79 Å². The molecule has 2 unspecified atom stereocenters. The number of ether oxygens (including phenoxy) is 1. The molecule has 0 aromatic heterocycles. The molecule has 31 heavy (non-hydrogen) atoms. The van der Waals surface area contributed by atoms with Gasteiger partial charge in [0, 0.05) is 30.0 Å². The fraction of sp³-hybridized carbons (Fsp3) is 0.440. The van der Waals surface area contributed by atoms with Gasteiger partial charge in [0.15, 0.2) is 0 Å². The number of anilines is 2. The molecule has 6 heteroatoms. The first-order valence-electron chi connectivity index (χ1n) is 11.3. The van der Waals surface area contributed by atoms with Gasteiger partial charge in [-0.2, -0.15) is 5.26 Å². The van der Waals surface area contributed by atoms with Gasteiger partial charge in [-0.3, -0.25) is 0 Å². The van der Waals surface area contributed by atoms with E-state index < -0.39 is 0 Å². The molecule has 1 aliphatic carbocycles. The molecule has 1 heterocycles. The summed E-state index contributed by atoms with van der Waals surface area (Å²) in [4.78, 5) is 14.3. The lowest BCUT2D eigenvalue weighted by atomic mass is 9.91. The average molecular weight is 419 g/mol. The number of benzene rings is 2. The van der Waals surface area contributed by atoms with Crippen LogP contribution in [0.4, 0.5) is 16.2 Å². The summed E-state index contributed by atoms with van der Waals surface area (Å²) in [5.74, 6) is 0.608. The molecule has 2 atom stereocenters. The number of carbonyl (C=O) groups excluding carboxylic acids is 1. The minimum absolute atomic E-state index is 0.0431. The summed E-state index contributed by atoms with van der Waals surface area (Å²) in [5.41, 5.74) is 4.03. The molecule has 4 rings (SSSR count). The molecule has 0 radical (unpaired) electrons.